The summed E-state index contributed by atoms with van der Waals surface area (Å²) < 4.78 is 1.97. The van der Waals surface area contributed by atoms with E-state index in [9.17, 15) is 4.79 Å². The predicted molar refractivity (Wildman–Crippen MR) is 94.7 cm³/mol. The highest BCUT2D eigenvalue weighted by Crippen LogP contribution is 2.34. The molecule has 1 aliphatic heterocycles. The van der Waals surface area contributed by atoms with Gasteiger partial charge in [0.25, 0.3) is 0 Å². The molecule has 1 unspecified atom stereocenters. The second kappa shape index (κ2) is 6.34. The number of hydrogen-bond acceptors (Lipinski definition) is 2. The Labute approximate surface area is 146 Å². The van der Waals surface area contributed by atoms with Crippen LogP contribution < -0.4 is 0 Å². The van der Waals surface area contributed by atoms with E-state index in [0.717, 1.165) is 25.8 Å². The van der Waals surface area contributed by atoms with E-state index in [1.54, 1.807) is 11.9 Å². The molecular weight excluding hydrogens is 408 g/mol. The van der Waals surface area contributed by atoms with Gasteiger partial charge in [0.05, 0.1) is 11.8 Å². The summed E-state index contributed by atoms with van der Waals surface area (Å²) in [7, 11) is 0. The van der Waals surface area contributed by atoms with Gasteiger partial charge in [0.15, 0.2) is 0 Å². The van der Waals surface area contributed by atoms with Gasteiger partial charge in [0, 0.05) is 27.9 Å². The molecule has 2 aromatic rings. The van der Waals surface area contributed by atoms with Gasteiger partial charge in [-0.05, 0) is 17.7 Å². The summed E-state index contributed by atoms with van der Waals surface area (Å²) in [5.41, 5.74) is 3.04. The molecule has 3 rings (SSSR count). The van der Waals surface area contributed by atoms with Crippen LogP contribution in [0.5, 0.6) is 0 Å². The minimum absolute atomic E-state index is 0.0377. The molecule has 0 aromatic heterocycles. The molecule has 0 bridgehead atoms. The Morgan fingerprint density at radius 1 is 1.18 bits per heavy atom. The first kappa shape index (κ1) is 15.4. The summed E-state index contributed by atoms with van der Waals surface area (Å²) in [6.45, 7) is 1.55. The lowest BCUT2D eigenvalue weighted by Crippen LogP contribution is -2.24. The van der Waals surface area contributed by atoms with Crippen LogP contribution in [-0.4, -0.2) is 16.6 Å². The SMILES string of the molecule is CC(=O)N1N=C(c2ccc(Br)cc2Br)CC1c1ccccc1. The molecule has 1 heterocycles. The Hall–Kier alpha value is -1.46. The van der Waals surface area contributed by atoms with Crippen LogP contribution in [0.3, 0.4) is 0 Å². The second-order valence-corrected chi connectivity index (χ2v) is 6.94. The standard InChI is InChI=1S/C17H14Br2N2O/c1-11(22)21-17(12-5-3-2-4-6-12)10-16(20-21)14-8-7-13(18)9-15(14)19/h2-9,17H,10H2,1H3. The van der Waals surface area contributed by atoms with E-state index in [4.69, 9.17) is 0 Å². The van der Waals surface area contributed by atoms with Crippen LogP contribution >= 0.6 is 31.9 Å². The van der Waals surface area contributed by atoms with Gasteiger partial charge < -0.3 is 0 Å². The van der Waals surface area contributed by atoms with Gasteiger partial charge >= 0.3 is 0 Å². The number of hydrogen-bond donors (Lipinski definition) is 0. The van der Waals surface area contributed by atoms with Gasteiger partial charge in [-0.2, -0.15) is 5.10 Å². The van der Waals surface area contributed by atoms with E-state index in [1.807, 2.05) is 48.5 Å². The fourth-order valence-corrected chi connectivity index (χ4v) is 3.90. The first-order chi connectivity index (χ1) is 10.6. The normalized spacial score (nSPS) is 17.5. The lowest BCUT2D eigenvalue weighted by molar-refractivity contribution is -0.130. The van der Waals surface area contributed by atoms with E-state index >= 15 is 0 Å². The smallest absolute Gasteiger partial charge is 0.240 e. The number of rotatable bonds is 2. The number of benzene rings is 2. The number of nitrogens with zero attached hydrogens (tertiary/aromatic N) is 2. The van der Waals surface area contributed by atoms with Crippen LogP contribution in [0.15, 0.2) is 62.6 Å². The van der Waals surface area contributed by atoms with Crippen molar-refractivity contribution in [2.45, 2.75) is 19.4 Å². The quantitative estimate of drug-likeness (QED) is 0.677. The summed E-state index contributed by atoms with van der Waals surface area (Å²) in [6.07, 6.45) is 0.712. The Morgan fingerprint density at radius 2 is 1.91 bits per heavy atom. The Balaban J connectivity index is 1.98. The number of halogens is 2. The first-order valence-electron chi connectivity index (χ1n) is 6.94. The maximum Gasteiger partial charge on any atom is 0.240 e. The van der Waals surface area contributed by atoms with Gasteiger partial charge in [0.2, 0.25) is 5.91 Å². The van der Waals surface area contributed by atoms with E-state index in [-0.39, 0.29) is 11.9 Å². The van der Waals surface area contributed by atoms with Gasteiger partial charge in [-0.15, -0.1) is 0 Å². The third-order valence-corrected chi connectivity index (χ3v) is 4.81. The lowest BCUT2D eigenvalue weighted by atomic mass is 9.98. The molecule has 1 aliphatic rings. The van der Waals surface area contributed by atoms with Crippen molar-refractivity contribution in [3.8, 4) is 0 Å². The number of carbonyl (C=O) groups is 1. The highest BCUT2D eigenvalue weighted by molar-refractivity contribution is 9.11. The Bertz CT molecular complexity index is 744. The number of amides is 1. The first-order valence-corrected chi connectivity index (χ1v) is 8.52. The highest BCUT2D eigenvalue weighted by Gasteiger charge is 2.31. The minimum Gasteiger partial charge on any atom is -0.273 e. The number of carbonyl (C=O) groups excluding carboxylic acids is 1. The average Bonchev–Trinajstić information content (AvgIpc) is 2.93. The summed E-state index contributed by atoms with van der Waals surface area (Å²) in [5, 5.41) is 6.14. The van der Waals surface area contributed by atoms with Crippen molar-refractivity contribution in [2.75, 3.05) is 0 Å². The average molecular weight is 422 g/mol. The molecule has 0 aliphatic carbocycles. The third kappa shape index (κ3) is 3.01. The molecule has 1 atom stereocenters. The van der Waals surface area contributed by atoms with Crippen molar-refractivity contribution in [3.63, 3.8) is 0 Å². The number of hydrazone groups is 1. The molecule has 5 heteroatoms. The second-order valence-electron chi connectivity index (χ2n) is 5.17. The summed E-state index contributed by atoms with van der Waals surface area (Å²) >= 11 is 7.03. The Kier molecular flexibility index (Phi) is 4.45. The van der Waals surface area contributed by atoms with Crippen molar-refractivity contribution in [1.82, 2.24) is 5.01 Å². The lowest BCUT2D eigenvalue weighted by Gasteiger charge is -2.20. The van der Waals surface area contributed by atoms with E-state index < -0.39 is 0 Å². The van der Waals surface area contributed by atoms with Crippen LogP contribution in [0.1, 0.15) is 30.5 Å². The topological polar surface area (TPSA) is 32.7 Å². The predicted octanol–water partition coefficient (Wildman–Crippen LogP) is 4.91. The molecule has 0 N–H and O–H groups in total. The van der Waals surface area contributed by atoms with Crippen molar-refractivity contribution < 1.29 is 4.79 Å². The van der Waals surface area contributed by atoms with Crippen LogP contribution in [0.25, 0.3) is 0 Å². The summed E-state index contributed by atoms with van der Waals surface area (Å²) in [4.78, 5) is 11.9. The maximum absolute atomic E-state index is 11.9. The van der Waals surface area contributed by atoms with Crippen LogP contribution in [0.2, 0.25) is 0 Å². The maximum atomic E-state index is 11.9. The van der Waals surface area contributed by atoms with Gasteiger partial charge in [0.1, 0.15) is 0 Å². The van der Waals surface area contributed by atoms with Crippen molar-refractivity contribution in [1.29, 1.82) is 0 Å². The molecule has 0 saturated heterocycles. The molecule has 1 amide bonds. The zero-order valence-electron chi connectivity index (χ0n) is 12.0. The third-order valence-electron chi connectivity index (χ3n) is 3.66. The largest absolute Gasteiger partial charge is 0.273 e. The molecule has 112 valence electrons. The van der Waals surface area contributed by atoms with Crippen LogP contribution in [0, 0.1) is 0 Å². The Morgan fingerprint density at radius 3 is 2.55 bits per heavy atom. The monoisotopic (exact) mass is 420 g/mol. The summed E-state index contributed by atoms with van der Waals surface area (Å²) in [5.74, 6) is -0.0444. The van der Waals surface area contributed by atoms with Gasteiger partial charge in [-0.3, -0.25) is 4.79 Å². The van der Waals surface area contributed by atoms with Crippen molar-refractivity contribution in [2.24, 2.45) is 5.10 Å². The fraction of sp³-hybridized carbons (Fsp3) is 0.176. The van der Waals surface area contributed by atoms with Crippen molar-refractivity contribution in [3.05, 3.63) is 68.6 Å². The molecule has 2 aromatic carbocycles. The highest BCUT2D eigenvalue weighted by atomic mass is 79.9. The molecule has 0 spiro atoms. The van der Waals surface area contributed by atoms with E-state index in [2.05, 4.69) is 37.0 Å². The summed E-state index contributed by atoms with van der Waals surface area (Å²) in [6, 6.07) is 16.0. The molecule has 0 saturated carbocycles. The molecular formula is C17H14Br2N2O. The van der Waals surface area contributed by atoms with Gasteiger partial charge in [-0.1, -0.05) is 68.3 Å². The molecule has 22 heavy (non-hydrogen) atoms. The zero-order chi connectivity index (χ0) is 15.7. The minimum atomic E-state index is -0.0444. The molecule has 3 nitrogen and oxygen atoms in total. The molecule has 0 radical (unpaired) electrons. The van der Waals surface area contributed by atoms with Crippen molar-refractivity contribution >= 4 is 43.5 Å². The van der Waals surface area contributed by atoms with Crippen LogP contribution in [0.4, 0.5) is 0 Å². The molecule has 0 fully saturated rings. The van der Waals surface area contributed by atoms with E-state index in [0.29, 0.717) is 6.42 Å². The van der Waals surface area contributed by atoms with E-state index in [1.165, 1.54) is 0 Å². The fourth-order valence-electron chi connectivity index (χ4n) is 2.62. The van der Waals surface area contributed by atoms with Gasteiger partial charge in [-0.25, -0.2) is 5.01 Å². The zero-order valence-corrected chi connectivity index (χ0v) is 15.1. The van der Waals surface area contributed by atoms with Crippen LogP contribution in [-0.2, 0) is 4.79 Å².